The lowest BCUT2D eigenvalue weighted by molar-refractivity contribution is -0.115. The minimum atomic E-state index is -0.453. The van der Waals surface area contributed by atoms with Gasteiger partial charge in [-0.15, -0.1) is 0 Å². The number of carbonyl (C=O) groups is 2. The van der Waals surface area contributed by atoms with Gasteiger partial charge in [0.15, 0.2) is 0 Å². The largest absolute Gasteiger partial charge is 0.493 e. The van der Waals surface area contributed by atoms with Crippen molar-refractivity contribution in [2.45, 2.75) is 19.8 Å². The van der Waals surface area contributed by atoms with E-state index >= 15 is 0 Å². The van der Waals surface area contributed by atoms with Crippen molar-refractivity contribution in [3.8, 4) is 11.5 Å². The maximum absolute atomic E-state index is 12.3. The molecule has 3 aromatic rings. The van der Waals surface area contributed by atoms with Crippen LogP contribution in [0.3, 0.4) is 0 Å². The molecular formula is C24H23NO4. The first-order valence-corrected chi connectivity index (χ1v) is 9.53. The van der Waals surface area contributed by atoms with E-state index in [-0.39, 0.29) is 5.91 Å². The first-order chi connectivity index (χ1) is 14.1. The van der Waals surface area contributed by atoms with Crippen LogP contribution in [0.2, 0.25) is 0 Å². The Morgan fingerprint density at radius 2 is 1.48 bits per heavy atom. The molecule has 1 amide bonds. The number of rotatable bonds is 8. The first-order valence-electron chi connectivity index (χ1n) is 9.53. The van der Waals surface area contributed by atoms with Gasteiger partial charge in [0.1, 0.15) is 11.5 Å². The van der Waals surface area contributed by atoms with Gasteiger partial charge < -0.3 is 14.8 Å². The number of benzene rings is 3. The quantitative estimate of drug-likeness (QED) is 0.441. The fourth-order valence-corrected chi connectivity index (χ4v) is 2.64. The second-order valence-corrected chi connectivity index (χ2v) is 6.42. The number of amides is 1. The minimum absolute atomic E-state index is 0.0687. The Kier molecular flexibility index (Phi) is 7.00. The summed E-state index contributed by atoms with van der Waals surface area (Å²) in [6.45, 7) is 2.35. The highest BCUT2D eigenvalue weighted by Crippen LogP contribution is 2.19. The second-order valence-electron chi connectivity index (χ2n) is 6.42. The average molecular weight is 389 g/mol. The standard InChI is InChI=1S/C24H23NO4/c1-2-23(26)25-20-10-14-22(15-11-20)29-24(27)19-8-12-21(13-9-19)28-17-16-18-6-4-3-5-7-18/h3-15H,2,16-17H2,1H3,(H,25,26). The van der Waals surface area contributed by atoms with Crippen LogP contribution < -0.4 is 14.8 Å². The Morgan fingerprint density at radius 3 is 2.14 bits per heavy atom. The van der Waals surface area contributed by atoms with Gasteiger partial charge in [-0.3, -0.25) is 4.79 Å². The zero-order valence-corrected chi connectivity index (χ0v) is 16.3. The fraction of sp³-hybridized carbons (Fsp3) is 0.167. The zero-order chi connectivity index (χ0) is 20.5. The molecule has 0 saturated carbocycles. The van der Waals surface area contributed by atoms with Gasteiger partial charge in [0.25, 0.3) is 0 Å². The lowest BCUT2D eigenvalue weighted by Crippen LogP contribution is -2.10. The van der Waals surface area contributed by atoms with Crippen LogP contribution in [-0.2, 0) is 11.2 Å². The van der Waals surface area contributed by atoms with E-state index in [1.807, 2.05) is 18.2 Å². The molecule has 0 spiro atoms. The van der Waals surface area contributed by atoms with E-state index in [0.29, 0.717) is 35.8 Å². The highest BCUT2D eigenvalue weighted by molar-refractivity contribution is 5.92. The lowest BCUT2D eigenvalue weighted by atomic mass is 10.2. The average Bonchev–Trinajstić information content (AvgIpc) is 2.76. The summed E-state index contributed by atoms with van der Waals surface area (Å²) in [4.78, 5) is 23.7. The molecule has 148 valence electrons. The highest BCUT2D eigenvalue weighted by atomic mass is 16.5. The van der Waals surface area contributed by atoms with Crippen molar-refractivity contribution in [1.29, 1.82) is 0 Å². The van der Waals surface area contributed by atoms with Gasteiger partial charge in [-0.25, -0.2) is 4.79 Å². The smallest absolute Gasteiger partial charge is 0.343 e. The Morgan fingerprint density at radius 1 is 0.828 bits per heavy atom. The number of anilines is 1. The van der Waals surface area contributed by atoms with Gasteiger partial charge in [-0.2, -0.15) is 0 Å². The molecule has 0 aromatic heterocycles. The summed E-state index contributed by atoms with van der Waals surface area (Å²) in [6.07, 6.45) is 1.22. The summed E-state index contributed by atoms with van der Waals surface area (Å²) in [5.74, 6) is 0.591. The number of hydrogen-bond donors (Lipinski definition) is 1. The molecule has 3 rings (SSSR count). The fourth-order valence-electron chi connectivity index (χ4n) is 2.64. The molecule has 0 aliphatic carbocycles. The molecule has 5 nitrogen and oxygen atoms in total. The Bertz CT molecular complexity index is 935. The number of hydrogen-bond acceptors (Lipinski definition) is 4. The lowest BCUT2D eigenvalue weighted by Gasteiger charge is -2.08. The topological polar surface area (TPSA) is 64.6 Å². The van der Waals surface area contributed by atoms with Gasteiger partial charge >= 0.3 is 5.97 Å². The molecule has 3 aromatic carbocycles. The van der Waals surface area contributed by atoms with Crippen molar-refractivity contribution in [2.75, 3.05) is 11.9 Å². The van der Waals surface area contributed by atoms with E-state index in [2.05, 4.69) is 17.4 Å². The van der Waals surface area contributed by atoms with Crippen LogP contribution >= 0.6 is 0 Å². The third-order valence-electron chi connectivity index (χ3n) is 4.26. The summed E-state index contributed by atoms with van der Waals surface area (Å²) in [5, 5.41) is 2.74. The predicted octanol–water partition coefficient (Wildman–Crippen LogP) is 4.88. The van der Waals surface area contributed by atoms with Gasteiger partial charge in [0.2, 0.25) is 5.91 Å². The van der Waals surface area contributed by atoms with Gasteiger partial charge in [0.05, 0.1) is 12.2 Å². The number of ether oxygens (including phenoxy) is 2. The third-order valence-corrected chi connectivity index (χ3v) is 4.26. The molecule has 0 fully saturated rings. The number of esters is 1. The number of nitrogens with one attached hydrogen (secondary N) is 1. The van der Waals surface area contributed by atoms with E-state index < -0.39 is 5.97 Å². The molecule has 0 radical (unpaired) electrons. The molecule has 0 atom stereocenters. The molecule has 5 heteroatoms. The summed E-state index contributed by atoms with van der Waals surface area (Å²) < 4.78 is 11.1. The van der Waals surface area contributed by atoms with Crippen molar-refractivity contribution in [1.82, 2.24) is 0 Å². The van der Waals surface area contributed by atoms with Gasteiger partial charge in [0, 0.05) is 18.5 Å². The van der Waals surface area contributed by atoms with Crippen LogP contribution in [0.5, 0.6) is 11.5 Å². The molecular weight excluding hydrogens is 366 g/mol. The van der Waals surface area contributed by atoms with Gasteiger partial charge in [-0.05, 0) is 54.1 Å². The van der Waals surface area contributed by atoms with Crippen molar-refractivity contribution >= 4 is 17.6 Å². The maximum Gasteiger partial charge on any atom is 0.343 e. The zero-order valence-electron chi connectivity index (χ0n) is 16.3. The third kappa shape index (κ3) is 6.21. The van der Waals surface area contributed by atoms with E-state index in [9.17, 15) is 9.59 Å². The van der Waals surface area contributed by atoms with E-state index in [0.717, 1.165) is 6.42 Å². The Hall–Kier alpha value is -3.60. The molecule has 0 unspecified atom stereocenters. The van der Waals surface area contributed by atoms with Crippen molar-refractivity contribution in [3.05, 3.63) is 90.0 Å². The van der Waals surface area contributed by atoms with Crippen molar-refractivity contribution < 1.29 is 19.1 Å². The summed E-state index contributed by atoms with van der Waals surface area (Å²) in [6, 6.07) is 23.7. The van der Waals surface area contributed by atoms with Gasteiger partial charge in [-0.1, -0.05) is 37.3 Å². The van der Waals surface area contributed by atoms with E-state index in [4.69, 9.17) is 9.47 Å². The Balaban J connectivity index is 1.50. The van der Waals surface area contributed by atoms with Crippen LogP contribution in [0, 0.1) is 0 Å². The molecule has 0 aliphatic rings. The van der Waals surface area contributed by atoms with Crippen LogP contribution in [0.1, 0.15) is 29.3 Å². The number of carbonyl (C=O) groups excluding carboxylic acids is 2. The first kappa shape index (κ1) is 20.1. The maximum atomic E-state index is 12.3. The Labute approximate surface area is 170 Å². The summed E-state index contributed by atoms with van der Waals surface area (Å²) >= 11 is 0. The monoisotopic (exact) mass is 389 g/mol. The molecule has 0 saturated heterocycles. The van der Waals surface area contributed by atoms with Crippen LogP contribution in [0.4, 0.5) is 5.69 Å². The molecule has 1 N–H and O–H groups in total. The van der Waals surface area contributed by atoms with E-state index in [1.54, 1.807) is 55.5 Å². The van der Waals surface area contributed by atoms with Crippen LogP contribution in [0.15, 0.2) is 78.9 Å². The molecule has 0 bridgehead atoms. The molecule has 0 heterocycles. The van der Waals surface area contributed by atoms with Crippen molar-refractivity contribution in [3.63, 3.8) is 0 Å². The van der Waals surface area contributed by atoms with E-state index in [1.165, 1.54) is 5.56 Å². The predicted molar refractivity (Wildman–Crippen MR) is 112 cm³/mol. The second kappa shape index (κ2) is 10.1. The minimum Gasteiger partial charge on any atom is -0.493 e. The normalized spacial score (nSPS) is 10.2. The SMILES string of the molecule is CCC(=O)Nc1ccc(OC(=O)c2ccc(OCCc3ccccc3)cc2)cc1. The molecule has 29 heavy (non-hydrogen) atoms. The summed E-state index contributed by atoms with van der Waals surface area (Å²) in [7, 11) is 0. The molecule has 0 aliphatic heterocycles. The highest BCUT2D eigenvalue weighted by Gasteiger charge is 2.09. The van der Waals surface area contributed by atoms with Crippen LogP contribution in [0.25, 0.3) is 0 Å². The summed E-state index contributed by atoms with van der Waals surface area (Å²) in [5.41, 5.74) is 2.31. The van der Waals surface area contributed by atoms with Crippen molar-refractivity contribution in [2.24, 2.45) is 0 Å². The van der Waals surface area contributed by atoms with Crippen LogP contribution in [-0.4, -0.2) is 18.5 Å².